The summed E-state index contributed by atoms with van der Waals surface area (Å²) in [5.74, 6) is 6.18. The molecule has 1 aliphatic rings. The summed E-state index contributed by atoms with van der Waals surface area (Å²) in [6.45, 7) is 1.70. The van der Waals surface area contributed by atoms with Crippen LogP contribution in [0.4, 0.5) is 10.5 Å². The van der Waals surface area contributed by atoms with Gasteiger partial charge in [-0.2, -0.15) is 0 Å². The number of nitrogens with zero attached hydrogens (tertiary/aromatic N) is 1. The largest absolute Gasteiger partial charge is 0.338 e. The topological polar surface area (TPSA) is 61.4 Å². The molecule has 0 aromatic heterocycles. The second-order valence-corrected chi connectivity index (χ2v) is 7.05. The highest BCUT2D eigenvalue weighted by molar-refractivity contribution is 5.94. The van der Waals surface area contributed by atoms with Crippen molar-refractivity contribution in [1.82, 2.24) is 10.6 Å². The van der Waals surface area contributed by atoms with Gasteiger partial charge in [0.2, 0.25) is 5.91 Å². The lowest BCUT2D eigenvalue weighted by Gasteiger charge is -2.26. The first kappa shape index (κ1) is 20.5. The van der Waals surface area contributed by atoms with Crippen LogP contribution in [-0.2, 0) is 11.2 Å². The molecule has 1 fully saturated rings. The predicted molar refractivity (Wildman–Crippen MR) is 116 cm³/mol. The third-order valence-electron chi connectivity index (χ3n) is 4.84. The summed E-state index contributed by atoms with van der Waals surface area (Å²) < 4.78 is 0. The second kappa shape index (κ2) is 10.9. The van der Waals surface area contributed by atoms with E-state index in [1.54, 1.807) is 0 Å². The average molecular weight is 389 g/mol. The monoisotopic (exact) mass is 389 g/mol. The van der Waals surface area contributed by atoms with Gasteiger partial charge in [-0.3, -0.25) is 4.79 Å². The predicted octanol–water partition coefficient (Wildman–Crippen LogP) is 3.49. The molecule has 3 amide bonds. The molecule has 2 N–H and O–H groups in total. The van der Waals surface area contributed by atoms with Crippen LogP contribution < -0.4 is 15.5 Å². The molecule has 0 unspecified atom stereocenters. The Balaban J connectivity index is 1.35. The molecule has 0 atom stereocenters. The summed E-state index contributed by atoms with van der Waals surface area (Å²) in [6.07, 6.45) is 4.50. The summed E-state index contributed by atoms with van der Waals surface area (Å²) in [4.78, 5) is 25.6. The molecule has 5 nitrogen and oxygen atoms in total. The zero-order chi connectivity index (χ0) is 20.3. The smallest absolute Gasteiger partial charge is 0.315 e. The highest BCUT2D eigenvalue weighted by Gasteiger charge is 2.19. The third-order valence-corrected chi connectivity index (χ3v) is 4.84. The second-order valence-electron chi connectivity index (χ2n) is 7.05. The van der Waals surface area contributed by atoms with Crippen LogP contribution in [0, 0.1) is 11.8 Å². The van der Waals surface area contributed by atoms with Crippen molar-refractivity contribution in [3.05, 3.63) is 65.7 Å². The van der Waals surface area contributed by atoms with Crippen molar-refractivity contribution in [3.63, 3.8) is 0 Å². The Bertz CT molecular complexity index is 866. The molecule has 5 heteroatoms. The minimum atomic E-state index is -0.202. The van der Waals surface area contributed by atoms with Crippen LogP contribution >= 0.6 is 0 Å². The number of urea groups is 1. The number of aryl methyl sites for hydroxylation is 1. The van der Waals surface area contributed by atoms with Crippen molar-refractivity contribution in [2.45, 2.75) is 32.1 Å². The van der Waals surface area contributed by atoms with Gasteiger partial charge in [-0.25, -0.2) is 4.79 Å². The Morgan fingerprint density at radius 2 is 1.79 bits per heavy atom. The summed E-state index contributed by atoms with van der Waals surface area (Å²) in [5.41, 5.74) is 3.06. The number of benzene rings is 2. The Labute approximate surface area is 172 Å². The molecule has 0 bridgehead atoms. The van der Waals surface area contributed by atoms with E-state index in [1.807, 2.05) is 47.4 Å². The number of rotatable bonds is 6. The van der Waals surface area contributed by atoms with Crippen LogP contribution in [0.2, 0.25) is 0 Å². The lowest BCUT2D eigenvalue weighted by Crippen LogP contribution is -2.36. The first-order valence-electron chi connectivity index (χ1n) is 10.2. The zero-order valence-corrected chi connectivity index (χ0v) is 16.6. The van der Waals surface area contributed by atoms with E-state index in [4.69, 9.17) is 0 Å². The molecule has 1 aliphatic heterocycles. The summed E-state index contributed by atoms with van der Waals surface area (Å²) in [6, 6.07) is 17.7. The van der Waals surface area contributed by atoms with Crippen molar-refractivity contribution in [2.75, 3.05) is 24.5 Å². The van der Waals surface area contributed by atoms with Gasteiger partial charge >= 0.3 is 6.03 Å². The van der Waals surface area contributed by atoms with Gasteiger partial charge < -0.3 is 15.5 Å². The number of hydrogen-bond acceptors (Lipinski definition) is 2. The van der Waals surface area contributed by atoms with Gasteiger partial charge in [0, 0.05) is 30.8 Å². The molecule has 1 saturated heterocycles. The van der Waals surface area contributed by atoms with Crippen molar-refractivity contribution in [1.29, 1.82) is 0 Å². The Hall–Kier alpha value is -3.26. The fraction of sp³-hybridized carbons (Fsp3) is 0.333. The molecule has 2 aromatic carbocycles. The van der Waals surface area contributed by atoms with Crippen molar-refractivity contribution < 1.29 is 9.59 Å². The minimum Gasteiger partial charge on any atom is -0.338 e. The molecule has 2 aromatic rings. The molecular weight excluding hydrogens is 362 g/mol. The van der Waals surface area contributed by atoms with E-state index >= 15 is 0 Å². The molecule has 0 spiro atoms. The maximum atomic E-state index is 12.0. The third kappa shape index (κ3) is 6.69. The number of amides is 3. The van der Waals surface area contributed by atoms with Crippen molar-refractivity contribution in [3.8, 4) is 11.8 Å². The lowest BCUT2D eigenvalue weighted by atomic mass is 10.1. The van der Waals surface area contributed by atoms with E-state index in [0.29, 0.717) is 13.0 Å². The minimum absolute atomic E-state index is 0.189. The average Bonchev–Trinajstić information content (AvgIpc) is 2.76. The first-order valence-corrected chi connectivity index (χ1v) is 10.2. The van der Waals surface area contributed by atoms with E-state index in [-0.39, 0.29) is 18.5 Å². The van der Waals surface area contributed by atoms with E-state index in [2.05, 4.69) is 34.6 Å². The zero-order valence-electron chi connectivity index (χ0n) is 16.6. The van der Waals surface area contributed by atoms with Gasteiger partial charge in [-0.1, -0.05) is 42.2 Å². The highest BCUT2D eigenvalue weighted by atomic mass is 16.2. The van der Waals surface area contributed by atoms with E-state index in [0.717, 1.165) is 43.5 Å². The number of piperidine rings is 1. The van der Waals surface area contributed by atoms with Crippen LogP contribution in [0.1, 0.15) is 36.8 Å². The van der Waals surface area contributed by atoms with Gasteiger partial charge in [0.15, 0.2) is 0 Å². The molecule has 1 heterocycles. The molecule has 0 saturated carbocycles. The number of hydrogen-bond donors (Lipinski definition) is 2. The van der Waals surface area contributed by atoms with Crippen LogP contribution in [-0.4, -0.2) is 31.6 Å². The van der Waals surface area contributed by atoms with Gasteiger partial charge in [-0.15, -0.1) is 0 Å². The molecule has 0 aliphatic carbocycles. The normalized spacial score (nSPS) is 13.4. The fourth-order valence-corrected chi connectivity index (χ4v) is 3.28. The maximum Gasteiger partial charge on any atom is 0.315 e. The van der Waals surface area contributed by atoms with Crippen LogP contribution in [0.3, 0.4) is 0 Å². The summed E-state index contributed by atoms with van der Waals surface area (Å²) in [7, 11) is 0. The Morgan fingerprint density at radius 3 is 2.55 bits per heavy atom. The molecular formula is C24H27N3O2. The number of nitrogens with one attached hydrogen (secondary N) is 2. The van der Waals surface area contributed by atoms with Gasteiger partial charge in [0.05, 0.1) is 6.54 Å². The fourth-order valence-electron chi connectivity index (χ4n) is 3.28. The molecule has 3 rings (SSSR count). The Morgan fingerprint density at radius 1 is 1.00 bits per heavy atom. The lowest BCUT2D eigenvalue weighted by molar-refractivity contribution is -0.119. The SMILES string of the molecule is O=C(NCC#Cc1ccc(N2CCCCC2=O)cc1)NCCCc1ccccc1. The Kier molecular flexibility index (Phi) is 7.71. The van der Waals surface area contributed by atoms with Crippen molar-refractivity contribution in [2.24, 2.45) is 0 Å². The first-order chi connectivity index (χ1) is 14.2. The van der Waals surface area contributed by atoms with Gasteiger partial charge in [0.1, 0.15) is 0 Å². The number of anilines is 1. The van der Waals surface area contributed by atoms with Gasteiger partial charge in [-0.05, 0) is 55.5 Å². The van der Waals surface area contributed by atoms with Crippen LogP contribution in [0.15, 0.2) is 54.6 Å². The number of carbonyl (C=O) groups excluding carboxylic acids is 2. The standard InChI is InChI=1S/C24H27N3O2/c28-23-12-4-5-19-27(23)22-15-13-21(14-16-22)11-7-18-26-24(29)25-17-6-10-20-8-2-1-3-9-20/h1-3,8-9,13-16H,4-6,10,12,17-19H2,(H2,25,26,29). The molecule has 150 valence electrons. The van der Waals surface area contributed by atoms with Crippen LogP contribution in [0.25, 0.3) is 0 Å². The quantitative estimate of drug-likeness (QED) is 0.587. The summed E-state index contributed by atoms with van der Waals surface area (Å²) in [5, 5.41) is 5.59. The summed E-state index contributed by atoms with van der Waals surface area (Å²) >= 11 is 0. The van der Waals surface area contributed by atoms with Crippen LogP contribution in [0.5, 0.6) is 0 Å². The molecule has 29 heavy (non-hydrogen) atoms. The van der Waals surface area contributed by atoms with E-state index in [9.17, 15) is 9.59 Å². The highest BCUT2D eigenvalue weighted by Crippen LogP contribution is 2.20. The van der Waals surface area contributed by atoms with E-state index in [1.165, 1.54) is 5.56 Å². The number of carbonyl (C=O) groups is 2. The maximum absolute atomic E-state index is 12.0. The van der Waals surface area contributed by atoms with E-state index < -0.39 is 0 Å². The van der Waals surface area contributed by atoms with Gasteiger partial charge in [0.25, 0.3) is 0 Å². The molecule has 0 radical (unpaired) electrons. The van der Waals surface area contributed by atoms with Crippen molar-refractivity contribution >= 4 is 17.6 Å².